The molecule has 0 radical (unpaired) electrons. The lowest BCUT2D eigenvalue weighted by Crippen LogP contribution is -2.22. The third kappa shape index (κ3) is 4.29. The maximum Gasteiger partial charge on any atom is 0.384 e. The van der Waals surface area contributed by atoms with E-state index in [4.69, 9.17) is 4.74 Å². The largest absolute Gasteiger partial charge is 0.450 e. The van der Waals surface area contributed by atoms with Crippen molar-refractivity contribution in [2.24, 2.45) is 5.92 Å². The first kappa shape index (κ1) is 11.1. The molecule has 1 saturated heterocycles. The molecule has 1 aliphatic heterocycles. The van der Waals surface area contributed by atoms with Crippen molar-refractivity contribution in [3.05, 3.63) is 0 Å². The van der Waals surface area contributed by atoms with E-state index < -0.39 is 11.6 Å². The van der Waals surface area contributed by atoms with Gasteiger partial charge in [-0.3, -0.25) is 0 Å². The van der Waals surface area contributed by atoms with Crippen LogP contribution in [0.3, 0.4) is 0 Å². The molecule has 3 heteroatoms. The second-order valence-electron chi connectivity index (χ2n) is 4.46. The van der Waals surface area contributed by atoms with Crippen LogP contribution in [0.15, 0.2) is 0 Å². The lowest BCUT2D eigenvalue weighted by molar-refractivity contribution is -0.147. The summed E-state index contributed by atoms with van der Waals surface area (Å²) >= 11 is 0. The second kappa shape index (κ2) is 4.47. The fourth-order valence-electron chi connectivity index (χ4n) is 1.24. The van der Waals surface area contributed by atoms with Crippen LogP contribution in [0.5, 0.6) is 0 Å². The summed E-state index contributed by atoms with van der Waals surface area (Å²) in [5, 5.41) is 3.19. The number of carbonyl (C=O) groups excluding carboxylic acids is 1. The minimum Gasteiger partial charge on any atom is -0.450 e. The van der Waals surface area contributed by atoms with Crippen molar-refractivity contribution < 1.29 is 9.53 Å². The fraction of sp³-hybridized carbons (Fsp3) is 0.727. The molecular weight excluding hydrogens is 178 g/mol. The predicted octanol–water partition coefficient (Wildman–Crippen LogP) is 0.941. The minimum absolute atomic E-state index is 0.308. The molecule has 0 saturated carbocycles. The molecule has 0 amide bonds. The van der Waals surface area contributed by atoms with Crippen molar-refractivity contribution in [2.75, 3.05) is 13.1 Å². The Balaban J connectivity index is 2.39. The van der Waals surface area contributed by atoms with Gasteiger partial charge in [0.15, 0.2) is 0 Å². The van der Waals surface area contributed by atoms with Gasteiger partial charge in [0, 0.05) is 18.4 Å². The summed E-state index contributed by atoms with van der Waals surface area (Å²) in [6.07, 6.45) is 1.02. The summed E-state index contributed by atoms with van der Waals surface area (Å²) in [6.45, 7) is 7.39. The van der Waals surface area contributed by atoms with E-state index in [0.29, 0.717) is 5.92 Å². The van der Waals surface area contributed by atoms with Gasteiger partial charge >= 0.3 is 5.97 Å². The molecule has 1 rings (SSSR count). The highest BCUT2D eigenvalue weighted by molar-refractivity contribution is 5.88. The van der Waals surface area contributed by atoms with Crippen molar-refractivity contribution in [1.82, 2.24) is 5.32 Å². The van der Waals surface area contributed by atoms with Gasteiger partial charge < -0.3 is 10.1 Å². The number of ether oxygens (including phenoxy) is 1. The number of nitrogens with one attached hydrogen (secondary N) is 1. The lowest BCUT2D eigenvalue weighted by Gasteiger charge is -2.16. The molecule has 0 aromatic rings. The molecule has 1 N–H and O–H groups in total. The number of hydrogen-bond acceptors (Lipinski definition) is 3. The summed E-state index contributed by atoms with van der Waals surface area (Å²) in [6, 6.07) is 0. The summed E-state index contributed by atoms with van der Waals surface area (Å²) in [4.78, 5) is 11.2. The molecule has 0 aliphatic carbocycles. The smallest absolute Gasteiger partial charge is 0.384 e. The third-order valence-electron chi connectivity index (χ3n) is 1.84. The normalized spacial score (nSPS) is 21.2. The Labute approximate surface area is 85.2 Å². The molecule has 78 valence electrons. The van der Waals surface area contributed by atoms with Crippen LogP contribution in [-0.2, 0) is 9.53 Å². The molecule has 14 heavy (non-hydrogen) atoms. The van der Waals surface area contributed by atoms with E-state index in [9.17, 15) is 4.79 Å². The predicted molar refractivity (Wildman–Crippen MR) is 54.6 cm³/mol. The van der Waals surface area contributed by atoms with Gasteiger partial charge in [0.05, 0.1) is 0 Å². The average Bonchev–Trinajstić information content (AvgIpc) is 2.49. The highest BCUT2D eigenvalue weighted by Gasteiger charge is 2.15. The average molecular weight is 195 g/mol. The summed E-state index contributed by atoms with van der Waals surface area (Å²) in [5.41, 5.74) is -0.445. The molecule has 0 bridgehead atoms. The van der Waals surface area contributed by atoms with Crippen LogP contribution in [0.25, 0.3) is 0 Å². The van der Waals surface area contributed by atoms with E-state index in [2.05, 4.69) is 17.2 Å². The van der Waals surface area contributed by atoms with E-state index in [1.54, 1.807) is 0 Å². The number of esters is 1. The molecule has 1 unspecified atom stereocenters. The zero-order valence-electron chi connectivity index (χ0n) is 9.02. The highest BCUT2D eigenvalue weighted by Crippen LogP contribution is 2.07. The van der Waals surface area contributed by atoms with Gasteiger partial charge in [0.2, 0.25) is 0 Å². The van der Waals surface area contributed by atoms with E-state index in [1.165, 1.54) is 0 Å². The van der Waals surface area contributed by atoms with E-state index >= 15 is 0 Å². The first-order valence-electron chi connectivity index (χ1n) is 4.92. The summed E-state index contributed by atoms with van der Waals surface area (Å²) in [5.74, 6) is 5.33. The lowest BCUT2D eigenvalue weighted by atomic mass is 10.1. The molecule has 0 aromatic carbocycles. The Morgan fingerprint density at radius 3 is 2.71 bits per heavy atom. The maximum absolute atomic E-state index is 11.2. The molecule has 1 aliphatic rings. The quantitative estimate of drug-likeness (QED) is 0.355. The van der Waals surface area contributed by atoms with Gasteiger partial charge in [-0.2, -0.15) is 0 Å². The number of rotatable bonds is 0. The number of hydrogen-bond donors (Lipinski definition) is 1. The maximum atomic E-state index is 11.2. The van der Waals surface area contributed by atoms with Gasteiger partial charge in [-0.1, -0.05) is 5.92 Å². The van der Waals surface area contributed by atoms with Gasteiger partial charge in [0.25, 0.3) is 0 Å². The first-order valence-corrected chi connectivity index (χ1v) is 4.92. The van der Waals surface area contributed by atoms with E-state index in [-0.39, 0.29) is 0 Å². The summed E-state index contributed by atoms with van der Waals surface area (Å²) in [7, 11) is 0. The van der Waals surface area contributed by atoms with Crippen LogP contribution < -0.4 is 5.32 Å². The molecule has 3 nitrogen and oxygen atoms in total. The van der Waals surface area contributed by atoms with Crippen LogP contribution in [-0.4, -0.2) is 24.7 Å². The van der Waals surface area contributed by atoms with Crippen molar-refractivity contribution >= 4 is 5.97 Å². The van der Waals surface area contributed by atoms with Crippen molar-refractivity contribution in [2.45, 2.75) is 32.8 Å². The monoisotopic (exact) mass is 195 g/mol. The van der Waals surface area contributed by atoms with E-state index in [1.807, 2.05) is 20.8 Å². The Bertz CT molecular complexity index is 261. The molecule has 0 aromatic heterocycles. The first-order chi connectivity index (χ1) is 6.47. The SMILES string of the molecule is CC(C)(C)OC(=O)C#CC1CCNC1. The molecule has 1 fully saturated rings. The highest BCUT2D eigenvalue weighted by atomic mass is 16.6. The molecule has 1 atom stereocenters. The summed E-state index contributed by atoms with van der Waals surface area (Å²) < 4.78 is 5.06. The topological polar surface area (TPSA) is 38.3 Å². The zero-order valence-corrected chi connectivity index (χ0v) is 9.02. The van der Waals surface area contributed by atoms with Crippen LogP contribution in [0.4, 0.5) is 0 Å². The van der Waals surface area contributed by atoms with Crippen molar-refractivity contribution in [3.8, 4) is 11.8 Å². The Hall–Kier alpha value is -1.01. The standard InChI is InChI=1S/C11H17NO2/c1-11(2,3)14-10(13)5-4-9-6-7-12-8-9/h9,12H,6-8H2,1-3H3. The van der Waals surface area contributed by atoms with Crippen LogP contribution >= 0.6 is 0 Å². The van der Waals surface area contributed by atoms with Crippen LogP contribution in [0.1, 0.15) is 27.2 Å². The molecule has 0 spiro atoms. The Morgan fingerprint density at radius 2 is 2.21 bits per heavy atom. The Morgan fingerprint density at radius 1 is 1.50 bits per heavy atom. The van der Waals surface area contributed by atoms with Gasteiger partial charge in [-0.15, -0.1) is 0 Å². The molecular formula is C11H17NO2. The van der Waals surface area contributed by atoms with Gasteiger partial charge in [-0.25, -0.2) is 4.79 Å². The minimum atomic E-state index is -0.445. The van der Waals surface area contributed by atoms with Crippen LogP contribution in [0.2, 0.25) is 0 Å². The van der Waals surface area contributed by atoms with Gasteiger partial charge in [0.1, 0.15) is 5.60 Å². The van der Waals surface area contributed by atoms with Gasteiger partial charge in [-0.05, 0) is 33.7 Å². The zero-order chi connectivity index (χ0) is 10.6. The van der Waals surface area contributed by atoms with Crippen LogP contribution in [0, 0.1) is 17.8 Å². The number of carbonyl (C=O) groups is 1. The van der Waals surface area contributed by atoms with Crippen molar-refractivity contribution in [3.63, 3.8) is 0 Å². The molecule has 1 heterocycles. The fourth-order valence-corrected chi connectivity index (χ4v) is 1.24. The Kier molecular flexibility index (Phi) is 3.54. The third-order valence-corrected chi connectivity index (χ3v) is 1.84. The second-order valence-corrected chi connectivity index (χ2v) is 4.46. The van der Waals surface area contributed by atoms with Crippen molar-refractivity contribution in [1.29, 1.82) is 0 Å². The van der Waals surface area contributed by atoms with E-state index in [0.717, 1.165) is 19.5 Å².